The van der Waals surface area contributed by atoms with Crippen molar-refractivity contribution in [1.82, 2.24) is 5.32 Å². The number of hydrogen-bond acceptors (Lipinski definition) is 2. The van der Waals surface area contributed by atoms with Gasteiger partial charge in [0.25, 0.3) is 0 Å². The molecule has 0 spiro atoms. The van der Waals surface area contributed by atoms with Gasteiger partial charge in [0.15, 0.2) is 0 Å². The summed E-state index contributed by atoms with van der Waals surface area (Å²) in [6.45, 7) is 9.80. The lowest BCUT2D eigenvalue weighted by Crippen LogP contribution is -2.35. The average molecular weight is 269 g/mol. The Morgan fingerprint density at radius 1 is 1.26 bits per heavy atom. The van der Waals surface area contributed by atoms with Gasteiger partial charge in [-0.25, -0.2) is 0 Å². The molecular formula is C17H35NO. The molecule has 0 heterocycles. The minimum absolute atomic E-state index is 0.745. The van der Waals surface area contributed by atoms with Crippen LogP contribution in [0.4, 0.5) is 0 Å². The Morgan fingerprint density at radius 3 is 2.79 bits per heavy atom. The highest BCUT2D eigenvalue weighted by Gasteiger charge is 2.17. The molecule has 19 heavy (non-hydrogen) atoms. The van der Waals surface area contributed by atoms with Gasteiger partial charge in [0.1, 0.15) is 0 Å². The predicted octanol–water partition coefficient (Wildman–Crippen LogP) is 4.39. The molecular weight excluding hydrogens is 234 g/mol. The van der Waals surface area contributed by atoms with Gasteiger partial charge in [-0.1, -0.05) is 52.9 Å². The topological polar surface area (TPSA) is 21.3 Å². The van der Waals surface area contributed by atoms with E-state index in [4.69, 9.17) is 4.74 Å². The summed E-state index contributed by atoms with van der Waals surface area (Å²) in [7, 11) is 0. The van der Waals surface area contributed by atoms with Crippen molar-refractivity contribution in [2.24, 2.45) is 11.8 Å². The quantitative estimate of drug-likeness (QED) is 0.594. The van der Waals surface area contributed by atoms with Crippen molar-refractivity contribution in [3.63, 3.8) is 0 Å². The van der Waals surface area contributed by atoms with E-state index >= 15 is 0 Å². The van der Waals surface area contributed by atoms with Crippen LogP contribution in [0.2, 0.25) is 0 Å². The second-order valence-corrected chi connectivity index (χ2v) is 6.41. The van der Waals surface area contributed by atoms with E-state index in [0.29, 0.717) is 0 Å². The largest absolute Gasteiger partial charge is 0.380 e. The average Bonchev–Trinajstić information content (AvgIpc) is 2.42. The summed E-state index contributed by atoms with van der Waals surface area (Å²) < 4.78 is 5.84. The number of rotatable bonds is 10. The first-order chi connectivity index (χ1) is 9.26. The first-order valence-electron chi connectivity index (χ1n) is 8.57. The first-order valence-corrected chi connectivity index (χ1v) is 8.57. The SMILES string of the molecule is CCCCC(CC)COCCNC1CCCC(C)C1. The number of nitrogens with one attached hydrogen (secondary N) is 1. The maximum atomic E-state index is 5.84. The molecule has 0 aromatic carbocycles. The molecule has 1 aliphatic carbocycles. The molecule has 0 saturated heterocycles. The molecule has 0 amide bonds. The first kappa shape index (κ1) is 17.0. The van der Waals surface area contributed by atoms with E-state index in [2.05, 4.69) is 26.1 Å². The lowest BCUT2D eigenvalue weighted by molar-refractivity contribution is 0.0926. The maximum Gasteiger partial charge on any atom is 0.0591 e. The third-order valence-corrected chi connectivity index (χ3v) is 4.51. The van der Waals surface area contributed by atoms with Gasteiger partial charge in [-0.15, -0.1) is 0 Å². The minimum Gasteiger partial charge on any atom is -0.380 e. The van der Waals surface area contributed by atoms with Crippen LogP contribution in [0.1, 0.15) is 72.1 Å². The van der Waals surface area contributed by atoms with Crippen LogP contribution in [0, 0.1) is 11.8 Å². The maximum absolute atomic E-state index is 5.84. The Hall–Kier alpha value is -0.0800. The third-order valence-electron chi connectivity index (χ3n) is 4.51. The zero-order chi connectivity index (χ0) is 13.9. The molecule has 0 radical (unpaired) electrons. The van der Waals surface area contributed by atoms with Gasteiger partial charge in [-0.2, -0.15) is 0 Å². The van der Waals surface area contributed by atoms with Crippen LogP contribution in [0.5, 0.6) is 0 Å². The molecule has 2 heteroatoms. The molecule has 1 rings (SSSR count). The van der Waals surface area contributed by atoms with Gasteiger partial charge in [0.05, 0.1) is 6.61 Å². The van der Waals surface area contributed by atoms with Crippen molar-refractivity contribution in [1.29, 1.82) is 0 Å². The smallest absolute Gasteiger partial charge is 0.0591 e. The fourth-order valence-corrected chi connectivity index (χ4v) is 3.10. The van der Waals surface area contributed by atoms with Crippen LogP contribution in [0.15, 0.2) is 0 Å². The molecule has 0 bridgehead atoms. The molecule has 0 aliphatic heterocycles. The second-order valence-electron chi connectivity index (χ2n) is 6.41. The lowest BCUT2D eigenvalue weighted by atomic mass is 9.87. The van der Waals surface area contributed by atoms with Gasteiger partial charge < -0.3 is 10.1 Å². The zero-order valence-electron chi connectivity index (χ0n) is 13.4. The molecule has 3 unspecified atom stereocenters. The van der Waals surface area contributed by atoms with Crippen LogP contribution in [0.3, 0.4) is 0 Å². The van der Waals surface area contributed by atoms with Gasteiger partial charge in [-0.05, 0) is 31.1 Å². The van der Waals surface area contributed by atoms with Crippen LogP contribution in [-0.2, 0) is 4.74 Å². The highest BCUT2D eigenvalue weighted by Crippen LogP contribution is 2.23. The summed E-state index contributed by atoms with van der Waals surface area (Å²) in [5.41, 5.74) is 0. The van der Waals surface area contributed by atoms with Crippen LogP contribution < -0.4 is 5.32 Å². The van der Waals surface area contributed by atoms with Crippen LogP contribution in [0.25, 0.3) is 0 Å². The van der Waals surface area contributed by atoms with Crippen molar-refractivity contribution in [2.45, 2.75) is 78.2 Å². The molecule has 1 aliphatic rings. The summed E-state index contributed by atoms with van der Waals surface area (Å²) in [5.74, 6) is 1.68. The van der Waals surface area contributed by atoms with Gasteiger partial charge >= 0.3 is 0 Å². The van der Waals surface area contributed by atoms with Crippen molar-refractivity contribution in [3.05, 3.63) is 0 Å². The Morgan fingerprint density at radius 2 is 2.11 bits per heavy atom. The molecule has 1 fully saturated rings. The number of unbranched alkanes of at least 4 members (excludes halogenated alkanes) is 1. The number of hydrogen-bond donors (Lipinski definition) is 1. The summed E-state index contributed by atoms with van der Waals surface area (Å²) in [4.78, 5) is 0. The van der Waals surface area contributed by atoms with Crippen molar-refractivity contribution < 1.29 is 4.74 Å². The third kappa shape index (κ3) is 7.94. The summed E-state index contributed by atoms with van der Waals surface area (Å²) >= 11 is 0. The van der Waals surface area contributed by atoms with E-state index in [-0.39, 0.29) is 0 Å². The molecule has 3 atom stereocenters. The molecule has 1 N–H and O–H groups in total. The normalized spacial score (nSPS) is 25.4. The highest BCUT2D eigenvalue weighted by atomic mass is 16.5. The Balaban J connectivity index is 1.97. The van der Waals surface area contributed by atoms with Gasteiger partial charge in [0, 0.05) is 19.2 Å². The van der Waals surface area contributed by atoms with E-state index in [1.807, 2.05) is 0 Å². The molecule has 2 nitrogen and oxygen atoms in total. The highest BCUT2D eigenvalue weighted by molar-refractivity contribution is 4.75. The molecule has 0 aromatic heterocycles. The second kappa shape index (κ2) is 10.7. The van der Waals surface area contributed by atoms with Gasteiger partial charge in [0.2, 0.25) is 0 Å². The van der Waals surface area contributed by atoms with Crippen LogP contribution >= 0.6 is 0 Å². The fourth-order valence-electron chi connectivity index (χ4n) is 3.10. The zero-order valence-corrected chi connectivity index (χ0v) is 13.4. The van der Waals surface area contributed by atoms with E-state index in [1.54, 1.807) is 0 Å². The van der Waals surface area contributed by atoms with Gasteiger partial charge in [-0.3, -0.25) is 0 Å². The minimum atomic E-state index is 0.745. The molecule has 1 saturated carbocycles. The van der Waals surface area contributed by atoms with E-state index < -0.39 is 0 Å². The standard InChI is InChI=1S/C17H35NO/c1-4-6-9-16(5-2)14-19-12-11-18-17-10-7-8-15(3)13-17/h15-18H,4-14H2,1-3H3. The van der Waals surface area contributed by atoms with E-state index in [0.717, 1.165) is 37.6 Å². The Bertz CT molecular complexity index is 207. The lowest BCUT2D eigenvalue weighted by Gasteiger charge is -2.27. The number of ether oxygens (including phenoxy) is 1. The monoisotopic (exact) mass is 269 g/mol. The molecule has 114 valence electrons. The fraction of sp³-hybridized carbons (Fsp3) is 1.00. The van der Waals surface area contributed by atoms with E-state index in [9.17, 15) is 0 Å². The summed E-state index contributed by atoms with van der Waals surface area (Å²) in [6.07, 6.45) is 10.8. The van der Waals surface area contributed by atoms with Crippen molar-refractivity contribution in [3.8, 4) is 0 Å². The molecule has 0 aromatic rings. The predicted molar refractivity (Wildman–Crippen MR) is 83.5 cm³/mol. The Labute approximate surface area is 120 Å². The summed E-state index contributed by atoms with van der Waals surface area (Å²) in [6, 6.07) is 0.745. The Kier molecular flexibility index (Phi) is 9.54. The summed E-state index contributed by atoms with van der Waals surface area (Å²) in [5, 5.41) is 3.66. The van der Waals surface area contributed by atoms with Crippen molar-refractivity contribution in [2.75, 3.05) is 19.8 Å². The van der Waals surface area contributed by atoms with Crippen molar-refractivity contribution >= 4 is 0 Å². The van der Waals surface area contributed by atoms with E-state index in [1.165, 1.54) is 51.4 Å². The van der Waals surface area contributed by atoms with Crippen LogP contribution in [-0.4, -0.2) is 25.8 Å².